The maximum Gasteiger partial charge on any atom is 0.327 e. The highest BCUT2D eigenvalue weighted by atomic mass is 32.2. The molecule has 0 spiro atoms. The fourth-order valence-electron chi connectivity index (χ4n) is 0.261. The number of hydrogen-bond acceptors (Lipinski definition) is 4. The Kier molecular flexibility index (Phi) is 4.42. The van der Waals surface area contributed by atoms with Crippen molar-refractivity contribution in [3.8, 4) is 0 Å². The zero-order valence-corrected chi connectivity index (χ0v) is 5.76. The molecular weight excluding hydrogens is 160 g/mol. The molecule has 0 aliphatic heterocycles. The first-order valence-corrected chi connectivity index (χ1v) is 3.41. The maximum atomic E-state index is 9.81. The van der Waals surface area contributed by atoms with Crippen molar-refractivity contribution in [3.63, 3.8) is 0 Å². The molecule has 0 rings (SSSR count). The van der Waals surface area contributed by atoms with Crippen LogP contribution in [0.25, 0.3) is 0 Å². The van der Waals surface area contributed by atoms with Gasteiger partial charge >= 0.3 is 16.5 Å². The second-order valence-corrected chi connectivity index (χ2v) is 1.98. The van der Waals surface area contributed by atoms with E-state index in [4.69, 9.17) is 5.11 Å². The van der Waals surface area contributed by atoms with Crippen LogP contribution < -0.4 is 5.43 Å². The first-order valence-electron chi connectivity index (χ1n) is 2.37. The van der Waals surface area contributed by atoms with E-state index in [1.807, 2.05) is 5.43 Å². The number of carbonyl (C=O) groups is 1. The van der Waals surface area contributed by atoms with Crippen LogP contribution in [0.4, 0.5) is 0 Å². The van der Waals surface area contributed by atoms with Crippen molar-refractivity contribution in [3.05, 3.63) is 0 Å². The molecule has 0 saturated heterocycles. The lowest BCUT2D eigenvalue weighted by Gasteiger charge is -1.88. The van der Waals surface area contributed by atoms with Gasteiger partial charge < -0.3 is 5.11 Å². The minimum Gasteiger partial charge on any atom is -0.481 e. The number of rotatable bonds is 4. The van der Waals surface area contributed by atoms with Crippen molar-refractivity contribution in [2.75, 3.05) is 6.54 Å². The summed E-state index contributed by atoms with van der Waals surface area (Å²) in [6, 6.07) is 0. The molecule has 58 valence electrons. The van der Waals surface area contributed by atoms with Crippen molar-refractivity contribution >= 4 is 16.5 Å². The van der Waals surface area contributed by atoms with E-state index >= 15 is 0 Å². The number of nitrogens with zero attached hydrogens (tertiary/aromatic N) is 1. The Hall–Kier alpha value is -0.950. The van der Waals surface area contributed by atoms with E-state index in [2.05, 4.69) is 4.47 Å². The molecule has 0 radical (unpaired) electrons. The molecule has 0 aromatic heterocycles. The summed E-state index contributed by atoms with van der Waals surface area (Å²) >= 11 is 0. The van der Waals surface area contributed by atoms with Crippen LogP contribution in [-0.4, -0.2) is 26.0 Å². The van der Waals surface area contributed by atoms with Gasteiger partial charge in [-0.05, 0) is 0 Å². The van der Waals surface area contributed by atoms with Gasteiger partial charge in [-0.25, -0.2) is 0 Å². The average Bonchev–Trinajstić information content (AvgIpc) is 1.79. The topological polar surface area (TPSA) is 95.8 Å². The van der Waals surface area contributed by atoms with Crippen LogP contribution in [0.5, 0.6) is 0 Å². The van der Waals surface area contributed by atoms with Crippen LogP contribution >= 0.6 is 0 Å². The third-order valence-electron chi connectivity index (χ3n) is 0.590. The molecule has 0 atom stereocenters. The summed E-state index contributed by atoms with van der Waals surface area (Å²) in [5, 5.41) is 8.04. The molecule has 0 unspecified atom stereocenters. The normalized spacial score (nSPS) is 8.80. The Labute approximate surface area is 58.5 Å². The van der Waals surface area contributed by atoms with Crippen LogP contribution in [0.1, 0.15) is 6.42 Å². The van der Waals surface area contributed by atoms with Gasteiger partial charge in [-0.1, -0.05) is 4.47 Å². The molecule has 0 amide bonds. The molecule has 6 nitrogen and oxygen atoms in total. The summed E-state index contributed by atoms with van der Waals surface area (Å²) in [4.78, 5) is 9.81. The van der Waals surface area contributed by atoms with Crippen LogP contribution in [0.2, 0.25) is 0 Å². The van der Waals surface area contributed by atoms with E-state index in [1.165, 1.54) is 0 Å². The van der Waals surface area contributed by atoms with Crippen molar-refractivity contribution in [1.82, 2.24) is 5.43 Å². The van der Waals surface area contributed by atoms with E-state index in [-0.39, 0.29) is 13.0 Å². The molecule has 0 aliphatic carbocycles. The summed E-state index contributed by atoms with van der Waals surface area (Å²) in [7, 11) is -2.51. The average molecular weight is 166 g/mol. The Morgan fingerprint density at radius 3 is 2.60 bits per heavy atom. The summed E-state index contributed by atoms with van der Waals surface area (Å²) in [6.45, 7) is 0.0172. The molecule has 0 aromatic rings. The minimum atomic E-state index is -2.51. The number of carboxylic acid groups (broad SMARTS) is 1. The first kappa shape index (κ1) is 9.05. The lowest BCUT2D eigenvalue weighted by Crippen LogP contribution is -2.11. The largest absolute Gasteiger partial charge is 0.481 e. The molecule has 2 N–H and O–H groups in total. The second kappa shape index (κ2) is 4.89. The number of carboxylic acids is 1. The van der Waals surface area contributed by atoms with Gasteiger partial charge in [0.1, 0.15) is 0 Å². The molecular formula is C3H6N2O4S. The summed E-state index contributed by atoms with van der Waals surface area (Å²) in [5.41, 5.74) is 2.05. The monoisotopic (exact) mass is 166 g/mol. The predicted octanol–water partition coefficient (Wildman–Crippen LogP) is -0.972. The van der Waals surface area contributed by atoms with Gasteiger partial charge in [0.15, 0.2) is 0 Å². The van der Waals surface area contributed by atoms with Gasteiger partial charge in [0.2, 0.25) is 0 Å². The van der Waals surface area contributed by atoms with Gasteiger partial charge in [0, 0.05) is 6.54 Å². The van der Waals surface area contributed by atoms with Gasteiger partial charge in [-0.3, -0.25) is 4.79 Å². The molecule has 0 bridgehead atoms. The van der Waals surface area contributed by atoms with Gasteiger partial charge in [0.05, 0.1) is 6.42 Å². The zero-order chi connectivity index (χ0) is 7.98. The second-order valence-electron chi connectivity index (χ2n) is 1.36. The van der Waals surface area contributed by atoms with Crippen molar-refractivity contribution in [1.29, 1.82) is 0 Å². The number of aliphatic carboxylic acids is 1. The first-order chi connectivity index (χ1) is 4.63. The lowest BCUT2D eigenvalue weighted by molar-refractivity contribution is -0.136. The third-order valence-corrected chi connectivity index (χ3v) is 0.868. The number of hydrogen-bond donors (Lipinski definition) is 2. The fraction of sp³-hybridized carbons (Fsp3) is 0.667. The van der Waals surface area contributed by atoms with Gasteiger partial charge in [-0.2, -0.15) is 13.8 Å². The Balaban J connectivity index is 3.40. The Bertz CT molecular complexity index is 223. The molecule has 0 saturated carbocycles. The molecule has 0 heterocycles. The molecule has 10 heavy (non-hydrogen) atoms. The van der Waals surface area contributed by atoms with E-state index < -0.39 is 16.5 Å². The molecule has 7 heteroatoms. The van der Waals surface area contributed by atoms with Crippen LogP contribution in [0.15, 0.2) is 4.47 Å². The molecule has 0 aliphatic rings. The quantitative estimate of drug-likeness (QED) is 0.413. The predicted molar refractivity (Wildman–Crippen MR) is 31.6 cm³/mol. The highest BCUT2D eigenvalue weighted by Crippen LogP contribution is 1.73. The van der Waals surface area contributed by atoms with Gasteiger partial charge in [0.25, 0.3) is 0 Å². The highest BCUT2D eigenvalue weighted by Gasteiger charge is 1.92. The fourth-order valence-corrected chi connectivity index (χ4v) is 0.458. The molecule has 0 fully saturated rings. The smallest absolute Gasteiger partial charge is 0.327 e. The number of nitrogens with one attached hydrogen (secondary N) is 1. The van der Waals surface area contributed by atoms with E-state index in [1.54, 1.807) is 0 Å². The van der Waals surface area contributed by atoms with Crippen molar-refractivity contribution in [2.45, 2.75) is 6.42 Å². The van der Waals surface area contributed by atoms with Crippen LogP contribution in [0, 0.1) is 0 Å². The van der Waals surface area contributed by atoms with Gasteiger partial charge in [-0.15, -0.1) is 0 Å². The molecule has 0 aromatic carbocycles. The summed E-state index contributed by atoms with van der Waals surface area (Å²) in [5.74, 6) is -1.00. The van der Waals surface area contributed by atoms with Crippen molar-refractivity contribution < 1.29 is 18.3 Å². The SMILES string of the molecule is O=C(O)CCNN=S(=O)=O. The maximum absolute atomic E-state index is 9.81. The zero-order valence-electron chi connectivity index (χ0n) is 4.94. The Morgan fingerprint density at radius 1 is 1.60 bits per heavy atom. The summed E-state index contributed by atoms with van der Waals surface area (Å²) < 4.78 is 22.1. The standard InChI is InChI=1S/C3H6N2O4S/c6-3(7)1-2-4-5-10(8)9/h4H,1-2H2,(H,6,7). The third kappa shape index (κ3) is 7.05. The highest BCUT2D eigenvalue weighted by molar-refractivity contribution is 7.61. The minimum absolute atomic E-state index is 0.0172. The van der Waals surface area contributed by atoms with Crippen LogP contribution in [-0.2, 0) is 15.3 Å². The summed E-state index contributed by atoms with van der Waals surface area (Å²) in [6.07, 6.45) is -0.152. The van der Waals surface area contributed by atoms with Crippen molar-refractivity contribution in [2.24, 2.45) is 4.47 Å². The van der Waals surface area contributed by atoms with E-state index in [0.29, 0.717) is 0 Å². The van der Waals surface area contributed by atoms with E-state index in [9.17, 15) is 13.2 Å². The van der Waals surface area contributed by atoms with E-state index in [0.717, 1.165) is 0 Å². The lowest BCUT2D eigenvalue weighted by atomic mass is 10.4. The Morgan fingerprint density at radius 2 is 2.20 bits per heavy atom. The van der Waals surface area contributed by atoms with Crippen LogP contribution in [0.3, 0.4) is 0 Å².